The highest BCUT2D eigenvalue weighted by Gasteiger charge is 2.14. The van der Waals surface area contributed by atoms with Gasteiger partial charge < -0.3 is 10.2 Å². The average Bonchev–Trinajstić information content (AvgIpc) is 3.24. The third kappa shape index (κ3) is 4.11. The predicted molar refractivity (Wildman–Crippen MR) is 106 cm³/mol. The van der Waals surface area contributed by atoms with Gasteiger partial charge in [0.2, 0.25) is 5.95 Å². The molecule has 0 bridgehead atoms. The second-order valence-electron chi connectivity index (χ2n) is 6.54. The summed E-state index contributed by atoms with van der Waals surface area (Å²) in [4.78, 5) is 19.0. The van der Waals surface area contributed by atoms with E-state index in [0.29, 0.717) is 11.4 Å². The molecular weight excluding hydrogens is 346 g/mol. The first kappa shape index (κ1) is 18.1. The van der Waals surface area contributed by atoms with Gasteiger partial charge >= 0.3 is 0 Å². The third-order valence-electron chi connectivity index (χ3n) is 4.02. The molecule has 0 radical (unpaired) electrons. The van der Waals surface area contributed by atoms with Crippen molar-refractivity contribution in [1.29, 1.82) is 0 Å². The Bertz CT molecular complexity index is 885. The van der Waals surface area contributed by atoms with E-state index in [4.69, 9.17) is 0 Å². The molecule has 0 spiro atoms. The molecule has 136 valence electrons. The van der Waals surface area contributed by atoms with Crippen molar-refractivity contribution in [3.63, 3.8) is 0 Å². The number of rotatable bonds is 6. The van der Waals surface area contributed by atoms with Crippen LogP contribution in [0.15, 0.2) is 41.1 Å². The minimum Gasteiger partial charge on any atom is -0.349 e. The highest BCUT2D eigenvalue weighted by atomic mass is 32.1. The molecule has 3 aromatic rings. The minimum atomic E-state index is -0.0849. The zero-order valence-electron chi connectivity index (χ0n) is 15.4. The summed E-state index contributed by atoms with van der Waals surface area (Å²) in [7, 11) is 5.70. The van der Waals surface area contributed by atoms with Crippen molar-refractivity contribution in [2.45, 2.75) is 19.4 Å². The molecule has 1 aromatic carbocycles. The predicted octanol–water partition coefficient (Wildman–Crippen LogP) is 2.97. The summed E-state index contributed by atoms with van der Waals surface area (Å²) >= 11 is 1.67. The molecule has 0 saturated carbocycles. The van der Waals surface area contributed by atoms with Crippen LogP contribution in [0.3, 0.4) is 0 Å². The van der Waals surface area contributed by atoms with E-state index in [1.165, 1.54) is 5.56 Å². The van der Waals surface area contributed by atoms with Gasteiger partial charge in [0.15, 0.2) is 5.82 Å². The number of hydrogen-bond acceptors (Lipinski definition) is 5. The number of benzene rings is 1. The minimum absolute atomic E-state index is 0.0640. The molecule has 26 heavy (non-hydrogen) atoms. The number of hydrogen-bond donors (Lipinski definition) is 1. The van der Waals surface area contributed by atoms with Crippen LogP contribution in [0, 0.1) is 0 Å². The summed E-state index contributed by atoms with van der Waals surface area (Å²) in [5.41, 5.74) is 2.68. The van der Waals surface area contributed by atoms with Crippen LogP contribution in [0.5, 0.6) is 0 Å². The standard InChI is InChI=1S/C19H23N5OS/c1-13(10-14-8-9-26-12-14)20-18(25)16-7-5-6-15(11-16)17-21-19(23(2)3)24(4)22-17/h5-9,11-13H,10H2,1-4H3,(H,20,25). The van der Waals surface area contributed by atoms with Crippen LogP contribution >= 0.6 is 11.3 Å². The molecule has 1 N–H and O–H groups in total. The van der Waals surface area contributed by atoms with E-state index in [1.807, 2.05) is 57.2 Å². The maximum absolute atomic E-state index is 12.6. The molecule has 1 atom stereocenters. The van der Waals surface area contributed by atoms with Crippen LogP contribution in [0.25, 0.3) is 11.4 Å². The van der Waals surface area contributed by atoms with Crippen LogP contribution in [-0.4, -0.2) is 40.8 Å². The SMILES string of the molecule is CC(Cc1ccsc1)NC(=O)c1cccc(-c2nc(N(C)C)n(C)n2)c1. The van der Waals surface area contributed by atoms with Gasteiger partial charge in [-0.3, -0.25) is 4.79 Å². The van der Waals surface area contributed by atoms with Crippen molar-refractivity contribution in [3.8, 4) is 11.4 Å². The van der Waals surface area contributed by atoms with Crippen LogP contribution in [0.2, 0.25) is 0 Å². The molecule has 0 aliphatic carbocycles. The van der Waals surface area contributed by atoms with Crippen LogP contribution in [-0.2, 0) is 13.5 Å². The Labute approximate surface area is 157 Å². The molecule has 0 aliphatic rings. The molecule has 7 heteroatoms. The normalized spacial score (nSPS) is 12.0. The van der Waals surface area contributed by atoms with Gasteiger partial charge in [-0.05, 0) is 47.9 Å². The number of amides is 1. The van der Waals surface area contributed by atoms with Crippen molar-refractivity contribution in [1.82, 2.24) is 20.1 Å². The average molecular weight is 369 g/mol. The first-order valence-corrected chi connectivity index (χ1v) is 9.39. The Hall–Kier alpha value is -2.67. The molecule has 1 amide bonds. The van der Waals surface area contributed by atoms with E-state index < -0.39 is 0 Å². The number of anilines is 1. The fourth-order valence-corrected chi connectivity index (χ4v) is 3.49. The summed E-state index contributed by atoms with van der Waals surface area (Å²) < 4.78 is 1.73. The van der Waals surface area contributed by atoms with Gasteiger partial charge in [-0.25, -0.2) is 4.68 Å². The first-order chi connectivity index (χ1) is 12.4. The fraction of sp³-hybridized carbons (Fsp3) is 0.316. The maximum atomic E-state index is 12.6. The van der Waals surface area contributed by atoms with Gasteiger partial charge in [0.25, 0.3) is 5.91 Å². The van der Waals surface area contributed by atoms with Crippen molar-refractivity contribution in [2.24, 2.45) is 7.05 Å². The van der Waals surface area contributed by atoms with Crippen molar-refractivity contribution >= 4 is 23.2 Å². The second-order valence-corrected chi connectivity index (χ2v) is 7.32. The summed E-state index contributed by atoms with van der Waals surface area (Å²) in [6, 6.07) is 9.57. The smallest absolute Gasteiger partial charge is 0.251 e. The summed E-state index contributed by atoms with van der Waals surface area (Å²) in [5, 5.41) is 11.7. The number of aryl methyl sites for hydroxylation is 1. The van der Waals surface area contributed by atoms with E-state index >= 15 is 0 Å². The number of nitrogens with zero attached hydrogens (tertiary/aromatic N) is 4. The second kappa shape index (κ2) is 7.70. The zero-order chi connectivity index (χ0) is 18.7. The number of nitrogens with one attached hydrogen (secondary N) is 1. The van der Waals surface area contributed by atoms with Crippen molar-refractivity contribution in [2.75, 3.05) is 19.0 Å². The quantitative estimate of drug-likeness (QED) is 0.726. The Balaban J connectivity index is 1.74. The van der Waals surface area contributed by atoms with E-state index in [-0.39, 0.29) is 11.9 Å². The monoisotopic (exact) mass is 369 g/mol. The first-order valence-electron chi connectivity index (χ1n) is 8.45. The largest absolute Gasteiger partial charge is 0.349 e. The van der Waals surface area contributed by atoms with Crippen LogP contribution in [0.1, 0.15) is 22.8 Å². The Morgan fingerprint density at radius 3 is 2.81 bits per heavy atom. The van der Waals surface area contributed by atoms with Crippen LogP contribution in [0.4, 0.5) is 5.95 Å². The highest BCUT2D eigenvalue weighted by molar-refractivity contribution is 7.07. The van der Waals surface area contributed by atoms with Gasteiger partial charge in [0.05, 0.1) is 0 Å². The highest BCUT2D eigenvalue weighted by Crippen LogP contribution is 2.20. The van der Waals surface area contributed by atoms with E-state index in [9.17, 15) is 4.79 Å². The van der Waals surface area contributed by atoms with Gasteiger partial charge in [0, 0.05) is 38.3 Å². The summed E-state index contributed by atoms with van der Waals surface area (Å²) in [5.74, 6) is 1.29. The van der Waals surface area contributed by atoms with E-state index in [1.54, 1.807) is 16.0 Å². The maximum Gasteiger partial charge on any atom is 0.251 e. The lowest BCUT2D eigenvalue weighted by Gasteiger charge is -2.13. The number of carbonyl (C=O) groups excluding carboxylic acids is 1. The Morgan fingerprint density at radius 2 is 2.15 bits per heavy atom. The third-order valence-corrected chi connectivity index (χ3v) is 4.75. The number of carbonyl (C=O) groups is 1. The van der Waals surface area contributed by atoms with Gasteiger partial charge in [0.1, 0.15) is 0 Å². The molecule has 3 rings (SSSR count). The lowest BCUT2D eigenvalue weighted by molar-refractivity contribution is 0.0940. The van der Waals surface area contributed by atoms with Gasteiger partial charge in [-0.1, -0.05) is 12.1 Å². The number of thiophene rings is 1. The molecule has 2 heterocycles. The topological polar surface area (TPSA) is 63.1 Å². The Morgan fingerprint density at radius 1 is 1.35 bits per heavy atom. The summed E-state index contributed by atoms with van der Waals surface area (Å²) in [6.45, 7) is 2.02. The molecule has 1 unspecified atom stereocenters. The molecule has 0 aliphatic heterocycles. The molecule has 0 saturated heterocycles. The summed E-state index contributed by atoms with van der Waals surface area (Å²) in [6.07, 6.45) is 0.822. The lowest BCUT2D eigenvalue weighted by Crippen LogP contribution is -2.33. The van der Waals surface area contributed by atoms with Crippen molar-refractivity contribution in [3.05, 3.63) is 52.2 Å². The van der Waals surface area contributed by atoms with Crippen molar-refractivity contribution < 1.29 is 4.79 Å². The van der Waals surface area contributed by atoms with Crippen LogP contribution < -0.4 is 10.2 Å². The van der Waals surface area contributed by atoms with Gasteiger partial charge in [-0.2, -0.15) is 16.3 Å². The molecule has 2 aromatic heterocycles. The van der Waals surface area contributed by atoms with Gasteiger partial charge in [-0.15, -0.1) is 5.10 Å². The van der Waals surface area contributed by atoms with E-state index in [2.05, 4.69) is 32.2 Å². The fourth-order valence-electron chi connectivity index (χ4n) is 2.81. The molecule has 0 fully saturated rings. The van der Waals surface area contributed by atoms with E-state index in [0.717, 1.165) is 17.9 Å². The number of aromatic nitrogens is 3. The molecular formula is C19H23N5OS. The lowest BCUT2D eigenvalue weighted by atomic mass is 10.1. The zero-order valence-corrected chi connectivity index (χ0v) is 16.2. The Kier molecular flexibility index (Phi) is 5.37. The molecule has 6 nitrogen and oxygen atoms in total.